The second kappa shape index (κ2) is 5.04. The predicted molar refractivity (Wildman–Crippen MR) is 61.8 cm³/mol. The molecular formula is C9H7Cl2NO3S. The molecule has 4 nitrogen and oxygen atoms in total. The fourth-order valence-electron chi connectivity index (χ4n) is 1.05. The average Bonchev–Trinajstić information content (AvgIpc) is 2.11. The molecule has 0 aliphatic carbocycles. The Kier molecular flexibility index (Phi) is 4.19. The van der Waals surface area contributed by atoms with Gasteiger partial charge in [-0.2, -0.15) is 0 Å². The molecule has 0 saturated carbocycles. The quantitative estimate of drug-likeness (QED) is 0.753. The van der Waals surface area contributed by atoms with Crippen LogP contribution in [0.3, 0.4) is 0 Å². The van der Waals surface area contributed by atoms with Gasteiger partial charge in [0.05, 0.1) is 10.0 Å². The standard InChI is InChI=1S/C9H7Cl2NO3S/c10-7-4-6(2-1-3-13)5-8(11)9(7)16(12,14)15/h4-5,13H,3H2,(H2,12,14,15). The highest BCUT2D eigenvalue weighted by atomic mass is 35.5. The Morgan fingerprint density at radius 2 is 1.81 bits per heavy atom. The molecule has 86 valence electrons. The second-order valence-corrected chi connectivity index (χ2v) is 5.09. The number of nitrogens with two attached hydrogens (primary N) is 1. The number of sulfonamides is 1. The van der Waals surface area contributed by atoms with Crippen LogP contribution < -0.4 is 5.14 Å². The molecule has 0 unspecified atom stereocenters. The fourth-order valence-corrected chi connectivity index (χ4v) is 2.84. The molecule has 3 N–H and O–H groups in total. The van der Waals surface area contributed by atoms with Gasteiger partial charge < -0.3 is 5.11 Å². The van der Waals surface area contributed by atoms with E-state index < -0.39 is 10.0 Å². The summed E-state index contributed by atoms with van der Waals surface area (Å²) in [4.78, 5) is -0.328. The number of halogens is 2. The Bertz CT molecular complexity index is 549. The molecule has 0 spiro atoms. The number of benzene rings is 1. The topological polar surface area (TPSA) is 80.4 Å². The van der Waals surface area contributed by atoms with Crippen LogP contribution in [-0.4, -0.2) is 20.1 Å². The summed E-state index contributed by atoms with van der Waals surface area (Å²) in [6.45, 7) is -0.313. The number of primary sulfonamides is 1. The molecule has 16 heavy (non-hydrogen) atoms. The van der Waals surface area contributed by atoms with E-state index in [2.05, 4.69) is 11.8 Å². The molecule has 0 atom stereocenters. The third kappa shape index (κ3) is 3.11. The minimum atomic E-state index is -3.96. The van der Waals surface area contributed by atoms with Crippen LogP contribution >= 0.6 is 23.2 Å². The zero-order valence-corrected chi connectivity index (χ0v) is 10.2. The van der Waals surface area contributed by atoms with Crippen molar-refractivity contribution in [2.45, 2.75) is 4.90 Å². The lowest BCUT2D eigenvalue weighted by atomic mass is 10.2. The summed E-state index contributed by atoms with van der Waals surface area (Å²) in [5.41, 5.74) is 0.399. The number of rotatable bonds is 1. The van der Waals surface area contributed by atoms with Crippen molar-refractivity contribution in [1.29, 1.82) is 0 Å². The van der Waals surface area contributed by atoms with Crippen LogP contribution in [0.4, 0.5) is 0 Å². The predicted octanol–water partition coefficient (Wildman–Crippen LogP) is 0.985. The molecule has 0 fully saturated rings. The Morgan fingerprint density at radius 3 is 2.19 bits per heavy atom. The van der Waals surface area contributed by atoms with E-state index in [9.17, 15) is 8.42 Å². The van der Waals surface area contributed by atoms with Gasteiger partial charge in [0.25, 0.3) is 0 Å². The van der Waals surface area contributed by atoms with Gasteiger partial charge in [-0.05, 0) is 12.1 Å². The first-order valence-electron chi connectivity index (χ1n) is 3.98. The molecule has 7 heteroatoms. The first-order valence-corrected chi connectivity index (χ1v) is 6.28. The highest BCUT2D eigenvalue weighted by Crippen LogP contribution is 2.29. The molecule has 0 aliphatic heterocycles. The molecule has 0 aromatic heterocycles. The second-order valence-electron chi connectivity index (χ2n) is 2.77. The molecule has 1 aromatic rings. The van der Waals surface area contributed by atoms with Gasteiger partial charge in [0.15, 0.2) is 0 Å². The van der Waals surface area contributed by atoms with Crippen LogP contribution in [0.2, 0.25) is 10.0 Å². The monoisotopic (exact) mass is 279 g/mol. The number of aliphatic hydroxyl groups is 1. The first-order chi connectivity index (χ1) is 7.36. The van der Waals surface area contributed by atoms with Crippen LogP contribution in [0, 0.1) is 11.8 Å². The fraction of sp³-hybridized carbons (Fsp3) is 0.111. The summed E-state index contributed by atoms with van der Waals surface area (Å²) in [6.07, 6.45) is 0. The zero-order valence-electron chi connectivity index (χ0n) is 7.87. The van der Waals surface area contributed by atoms with Gasteiger partial charge in [-0.25, -0.2) is 13.6 Å². The summed E-state index contributed by atoms with van der Waals surface area (Å²) >= 11 is 11.4. The van der Waals surface area contributed by atoms with Gasteiger partial charge in [-0.3, -0.25) is 0 Å². The van der Waals surface area contributed by atoms with Gasteiger partial charge in [0.2, 0.25) is 10.0 Å². The minimum absolute atomic E-state index is 0.0998. The van der Waals surface area contributed by atoms with Crippen molar-refractivity contribution in [1.82, 2.24) is 0 Å². The number of hydrogen-bond acceptors (Lipinski definition) is 3. The molecule has 0 radical (unpaired) electrons. The van der Waals surface area contributed by atoms with Crippen molar-refractivity contribution in [2.24, 2.45) is 5.14 Å². The first kappa shape index (κ1) is 13.3. The van der Waals surface area contributed by atoms with Crippen molar-refractivity contribution < 1.29 is 13.5 Å². The third-order valence-electron chi connectivity index (χ3n) is 1.59. The van der Waals surface area contributed by atoms with Gasteiger partial charge >= 0.3 is 0 Å². The van der Waals surface area contributed by atoms with E-state index in [1.54, 1.807) is 0 Å². The van der Waals surface area contributed by atoms with Crippen molar-refractivity contribution in [3.8, 4) is 11.8 Å². The van der Waals surface area contributed by atoms with E-state index in [-0.39, 0.29) is 21.5 Å². The van der Waals surface area contributed by atoms with Gasteiger partial charge in [-0.1, -0.05) is 35.0 Å². The Morgan fingerprint density at radius 1 is 1.31 bits per heavy atom. The van der Waals surface area contributed by atoms with Crippen molar-refractivity contribution in [3.63, 3.8) is 0 Å². The summed E-state index contributed by atoms with van der Waals surface area (Å²) in [7, 11) is -3.96. The Labute approximate surface area is 103 Å². The Balaban J connectivity index is 3.40. The molecule has 0 aliphatic rings. The lowest BCUT2D eigenvalue weighted by molar-refractivity contribution is 0.350. The molecule has 0 amide bonds. The SMILES string of the molecule is NS(=O)(=O)c1c(Cl)cc(C#CCO)cc1Cl. The molecule has 0 bridgehead atoms. The Hall–Kier alpha value is -0.770. The van der Waals surface area contributed by atoms with E-state index >= 15 is 0 Å². The molecular weight excluding hydrogens is 273 g/mol. The highest BCUT2D eigenvalue weighted by Gasteiger charge is 2.18. The van der Waals surface area contributed by atoms with Crippen molar-refractivity contribution in [2.75, 3.05) is 6.61 Å². The lowest BCUT2D eigenvalue weighted by Gasteiger charge is -2.04. The highest BCUT2D eigenvalue weighted by molar-refractivity contribution is 7.89. The van der Waals surface area contributed by atoms with Gasteiger partial charge in [-0.15, -0.1) is 0 Å². The lowest BCUT2D eigenvalue weighted by Crippen LogP contribution is -2.13. The smallest absolute Gasteiger partial charge is 0.241 e. The maximum Gasteiger partial charge on any atom is 0.241 e. The average molecular weight is 280 g/mol. The van der Waals surface area contributed by atoms with Crippen LogP contribution in [0.1, 0.15) is 5.56 Å². The summed E-state index contributed by atoms with van der Waals surface area (Å²) in [5.74, 6) is 4.93. The largest absolute Gasteiger partial charge is 0.384 e. The van der Waals surface area contributed by atoms with Gasteiger partial charge in [0, 0.05) is 5.56 Å². The van der Waals surface area contributed by atoms with Gasteiger partial charge in [0.1, 0.15) is 11.5 Å². The van der Waals surface area contributed by atoms with Crippen LogP contribution in [0.25, 0.3) is 0 Å². The maximum atomic E-state index is 11.1. The van der Waals surface area contributed by atoms with Crippen LogP contribution in [0.15, 0.2) is 17.0 Å². The van der Waals surface area contributed by atoms with E-state index in [0.29, 0.717) is 5.56 Å². The van der Waals surface area contributed by atoms with E-state index in [1.165, 1.54) is 12.1 Å². The number of aliphatic hydroxyl groups excluding tert-OH is 1. The van der Waals surface area contributed by atoms with Crippen LogP contribution in [-0.2, 0) is 10.0 Å². The minimum Gasteiger partial charge on any atom is -0.384 e. The third-order valence-corrected chi connectivity index (χ3v) is 3.42. The molecule has 0 saturated heterocycles. The molecule has 1 rings (SSSR count). The molecule has 1 aromatic carbocycles. The van der Waals surface area contributed by atoms with E-state index in [4.69, 9.17) is 33.4 Å². The summed E-state index contributed by atoms with van der Waals surface area (Å²) < 4.78 is 22.3. The zero-order chi connectivity index (χ0) is 12.3. The van der Waals surface area contributed by atoms with Crippen LogP contribution in [0.5, 0.6) is 0 Å². The molecule has 0 heterocycles. The maximum absolute atomic E-state index is 11.1. The number of hydrogen-bond donors (Lipinski definition) is 2. The summed E-state index contributed by atoms with van der Waals surface area (Å²) in [6, 6.07) is 2.63. The van der Waals surface area contributed by atoms with E-state index in [0.717, 1.165) is 0 Å². The normalized spacial score (nSPS) is 10.8. The van der Waals surface area contributed by atoms with Crippen molar-refractivity contribution in [3.05, 3.63) is 27.7 Å². The summed E-state index contributed by atoms with van der Waals surface area (Å²) in [5, 5.41) is 13.2. The van der Waals surface area contributed by atoms with E-state index in [1.807, 2.05) is 0 Å². The van der Waals surface area contributed by atoms with Crippen molar-refractivity contribution >= 4 is 33.2 Å².